The molecule has 1 atom stereocenters. The SMILES string of the molecule is CN=C(NC)NCC(C)N1CCN(C)CC1. The molecule has 1 aliphatic heterocycles. The molecule has 5 nitrogen and oxygen atoms in total. The van der Waals surface area contributed by atoms with E-state index in [0.29, 0.717) is 6.04 Å². The van der Waals surface area contributed by atoms with Crippen molar-refractivity contribution in [2.45, 2.75) is 13.0 Å². The number of nitrogens with one attached hydrogen (secondary N) is 2. The quantitative estimate of drug-likeness (QED) is 0.500. The van der Waals surface area contributed by atoms with Gasteiger partial charge in [-0.3, -0.25) is 9.89 Å². The van der Waals surface area contributed by atoms with Crippen molar-refractivity contribution in [3.8, 4) is 0 Å². The molecular weight excluding hydrogens is 202 g/mol. The summed E-state index contributed by atoms with van der Waals surface area (Å²) in [5.41, 5.74) is 0. The van der Waals surface area contributed by atoms with Crippen LogP contribution in [-0.2, 0) is 0 Å². The molecule has 0 amide bonds. The minimum atomic E-state index is 0.554. The van der Waals surface area contributed by atoms with Crippen molar-refractivity contribution in [1.82, 2.24) is 20.4 Å². The van der Waals surface area contributed by atoms with E-state index in [0.717, 1.165) is 25.6 Å². The Morgan fingerprint density at radius 1 is 1.31 bits per heavy atom. The van der Waals surface area contributed by atoms with E-state index in [-0.39, 0.29) is 0 Å². The Labute approximate surface area is 98.9 Å². The Kier molecular flexibility index (Phi) is 5.55. The zero-order valence-corrected chi connectivity index (χ0v) is 11.0. The van der Waals surface area contributed by atoms with Crippen LogP contribution >= 0.6 is 0 Å². The summed E-state index contributed by atoms with van der Waals surface area (Å²) < 4.78 is 0. The molecule has 0 aliphatic carbocycles. The van der Waals surface area contributed by atoms with Crippen LogP contribution in [0.1, 0.15) is 6.92 Å². The lowest BCUT2D eigenvalue weighted by atomic mass is 10.2. The predicted molar refractivity (Wildman–Crippen MR) is 69.0 cm³/mol. The van der Waals surface area contributed by atoms with Crippen LogP contribution in [0.5, 0.6) is 0 Å². The van der Waals surface area contributed by atoms with E-state index in [1.165, 1.54) is 13.1 Å². The smallest absolute Gasteiger partial charge is 0.190 e. The highest BCUT2D eigenvalue weighted by molar-refractivity contribution is 5.79. The van der Waals surface area contributed by atoms with E-state index in [9.17, 15) is 0 Å². The number of guanidine groups is 1. The van der Waals surface area contributed by atoms with Crippen molar-refractivity contribution in [1.29, 1.82) is 0 Å². The number of piperazine rings is 1. The van der Waals surface area contributed by atoms with Gasteiger partial charge in [-0.1, -0.05) is 0 Å². The van der Waals surface area contributed by atoms with Gasteiger partial charge in [0, 0.05) is 52.9 Å². The maximum Gasteiger partial charge on any atom is 0.190 e. The topological polar surface area (TPSA) is 42.9 Å². The number of likely N-dealkylation sites (N-methyl/N-ethyl adjacent to an activating group) is 1. The summed E-state index contributed by atoms with van der Waals surface area (Å²) in [6.07, 6.45) is 0. The molecule has 2 N–H and O–H groups in total. The molecular formula is C11H25N5. The van der Waals surface area contributed by atoms with Gasteiger partial charge in [0.15, 0.2) is 5.96 Å². The molecule has 0 aromatic rings. The predicted octanol–water partition coefficient (Wildman–Crippen LogP) is -0.583. The maximum atomic E-state index is 4.10. The lowest BCUT2D eigenvalue weighted by Gasteiger charge is -2.36. The molecule has 1 aliphatic rings. The van der Waals surface area contributed by atoms with Gasteiger partial charge < -0.3 is 15.5 Å². The van der Waals surface area contributed by atoms with E-state index in [1.807, 2.05) is 7.05 Å². The van der Waals surface area contributed by atoms with Gasteiger partial charge in [0.1, 0.15) is 0 Å². The fourth-order valence-corrected chi connectivity index (χ4v) is 1.92. The average molecular weight is 227 g/mol. The first-order valence-electron chi connectivity index (χ1n) is 5.98. The fourth-order valence-electron chi connectivity index (χ4n) is 1.92. The van der Waals surface area contributed by atoms with Gasteiger partial charge in [-0.25, -0.2) is 0 Å². The molecule has 0 aromatic heterocycles. The molecule has 0 radical (unpaired) electrons. The van der Waals surface area contributed by atoms with Crippen LogP contribution < -0.4 is 10.6 Å². The molecule has 0 bridgehead atoms. The van der Waals surface area contributed by atoms with Crippen LogP contribution in [0.15, 0.2) is 4.99 Å². The van der Waals surface area contributed by atoms with Gasteiger partial charge in [0.05, 0.1) is 0 Å². The van der Waals surface area contributed by atoms with Crippen molar-refractivity contribution in [2.24, 2.45) is 4.99 Å². The Bertz CT molecular complexity index is 220. The zero-order chi connectivity index (χ0) is 12.0. The third kappa shape index (κ3) is 3.98. The second-order valence-corrected chi connectivity index (χ2v) is 4.39. The zero-order valence-electron chi connectivity index (χ0n) is 11.0. The largest absolute Gasteiger partial charge is 0.359 e. The summed E-state index contributed by atoms with van der Waals surface area (Å²) in [5.74, 6) is 0.862. The minimum absolute atomic E-state index is 0.554. The Morgan fingerprint density at radius 2 is 1.94 bits per heavy atom. The maximum absolute atomic E-state index is 4.10. The van der Waals surface area contributed by atoms with E-state index in [1.54, 1.807) is 7.05 Å². The van der Waals surface area contributed by atoms with E-state index >= 15 is 0 Å². The third-order valence-corrected chi connectivity index (χ3v) is 3.19. The lowest BCUT2D eigenvalue weighted by molar-refractivity contribution is 0.120. The molecule has 94 valence electrons. The van der Waals surface area contributed by atoms with Crippen molar-refractivity contribution >= 4 is 5.96 Å². The second-order valence-electron chi connectivity index (χ2n) is 4.39. The highest BCUT2D eigenvalue weighted by Crippen LogP contribution is 2.03. The number of rotatable bonds is 3. The van der Waals surface area contributed by atoms with Crippen molar-refractivity contribution < 1.29 is 0 Å². The van der Waals surface area contributed by atoms with E-state index in [2.05, 4.69) is 39.4 Å². The summed E-state index contributed by atoms with van der Waals surface area (Å²) in [7, 11) is 5.86. The van der Waals surface area contributed by atoms with Crippen molar-refractivity contribution in [3.63, 3.8) is 0 Å². The molecule has 0 spiro atoms. The summed E-state index contributed by atoms with van der Waals surface area (Å²) >= 11 is 0. The molecule has 0 aromatic carbocycles. The number of aliphatic imine (C=N–C) groups is 1. The number of nitrogens with zero attached hydrogens (tertiary/aromatic N) is 3. The Hall–Kier alpha value is -0.810. The van der Waals surface area contributed by atoms with Crippen molar-refractivity contribution in [3.05, 3.63) is 0 Å². The standard InChI is InChI=1S/C11H25N5/c1-10(9-14-11(12-2)13-3)16-7-5-15(4)6-8-16/h10H,5-9H2,1-4H3,(H2,12,13,14). The highest BCUT2D eigenvalue weighted by atomic mass is 15.3. The molecule has 1 fully saturated rings. The van der Waals surface area contributed by atoms with Crippen LogP contribution in [0.2, 0.25) is 0 Å². The van der Waals surface area contributed by atoms with Gasteiger partial charge in [-0.05, 0) is 14.0 Å². The third-order valence-electron chi connectivity index (χ3n) is 3.19. The van der Waals surface area contributed by atoms with Gasteiger partial charge in [0.2, 0.25) is 0 Å². The summed E-state index contributed by atoms with van der Waals surface area (Å²) in [4.78, 5) is 9.01. The average Bonchev–Trinajstić information content (AvgIpc) is 2.31. The Morgan fingerprint density at radius 3 is 2.44 bits per heavy atom. The number of hydrogen-bond acceptors (Lipinski definition) is 3. The van der Waals surface area contributed by atoms with Gasteiger partial charge in [-0.15, -0.1) is 0 Å². The molecule has 1 rings (SSSR count). The molecule has 1 heterocycles. The highest BCUT2D eigenvalue weighted by Gasteiger charge is 2.18. The summed E-state index contributed by atoms with van der Waals surface area (Å²) in [5, 5.41) is 6.34. The van der Waals surface area contributed by atoms with Crippen LogP contribution in [0.25, 0.3) is 0 Å². The van der Waals surface area contributed by atoms with Gasteiger partial charge >= 0.3 is 0 Å². The van der Waals surface area contributed by atoms with E-state index < -0.39 is 0 Å². The summed E-state index contributed by atoms with van der Waals surface area (Å²) in [6.45, 7) is 7.88. The minimum Gasteiger partial charge on any atom is -0.359 e. The van der Waals surface area contributed by atoms with Gasteiger partial charge in [0.25, 0.3) is 0 Å². The summed E-state index contributed by atoms with van der Waals surface area (Å²) in [6, 6.07) is 0.554. The second kappa shape index (κ2) is 6.70. The number of hydrogen-bond donors (Lipinski definition) is 2. The van der Waals surface area contributed by atoms with E-state index in [4.69, 9.17) is 0 Å². The van der Waals surface area contributed by atoms with Crippen LogP contribution in [0.4, 0.5) is 0 Å². The first-order valence-corrected chi connectivity index (χ1v) is 5.98. The molecule has 1 unspecified atom stereocenters. The molecule has 0 saturated carbocycles. The van der Waals surface area contributed by atoms with Crippen LogP contribution in [0.3, 0.4) is 0 Å². The first kappa shape index (κ1) is 13.3. The fraction of sp³-hybridized carbons (Fsp3) is 0.909. The van der Waals surface area contributed by atoms with Crippen molar-refractivity contribution in [2.75, 3.05) is 53.9 Å². The molecule has 5 heteroatoms. The normalized spacial score (nSPS) is 21.9. The van der Waals surface area contributed by atoms with Crippen LogP contribution in [-0.4, -0.2) is 75.7 Å². The first-order chi connectivity index (χ1) is 7.67. The van der Waals surface area contributed by atoms with Gasteiger partial charge in [-0.2, -0.15) is 0 Å². The monoisotopic (exact) mass is 227 g/mol. The lowest BCUT2D eigenvalue weighted by Crippen LogP contribution is -2.52. The Balaban J connectivity index is 2.27. The molecule has 16 heavy (non-hydrogen) atoms. The van der Waals surface area contributed by atoms with Crippen LogP contribution in [0, 0.1) is 0 Å². The molecule has 1 saturated heterocycles.